The highest BCUT2D eigenvalue weighted by Crippen LogP contribution is 2.44. The van der Waals surface area contributed by atoms with Gasteiger partial charge in [-0.05, 0) is 59.3 Å². The molecule has 2 heterocycles. The van der Waals surface area contributed by atoms with Gasteiger partial charge in [0.1, 0.15) is 11.0 Å². The number of tetrazole rings is 1. The first kappa shape index (κ1) is 21.4. The van der Waals surface area contributed by atoms with Crippen molar-refractivity contribution in [3.8, 4) is 22.5 Å². The minimum Gasteiger partial charge on any atom is -0.343 e. The Bertz CT molecular complexity index is 1130. The number of aromatic amines is 1. The zero-order valence-electron chi connectivity index (χ0n) is 16.9. The SMILES string of the molecule is NSc1c(SC2CN(C=O)C2)ccc(-c2ccc(NS(=O)C3CC3)cc2)c1-c1nn[nH]n1. The number of benzene rings is 2. The number of hydrogen-bond donors (Lipinski definition) is 3. The van der Waals surface area contributed by atoms with Crippen LogP contribution in [0.25, 0.3) is 22.5 Å². The van der Waals surface area contributed by atoms with Gasteiger partial charge in [-0.25, -0.2) is 4.21 Å². The van der Waals surface area contributed by atoms with Gasteiger partial charge >= 0.3 is 0 Å². The number of anilines is 1. The Kier molecular flexibility index (Phi) is 6.17. The van der Waals surface area contributed by atoms with E-state index < -0.39 is 11.0 Å². The molecule has 2 aromatic carbocycles. The van der Waals surface area contributed by atoms with E-state index in [4.69, 9.17) is 5.14 Å². The lowest BCUT2D eigenvalue weighted by Gasteiger charge is -2.36. The number of nitrogens with zero attached hydrogens (tertiary/aromatic N) is 4. The molecule has 1 saturated heterocycles. The first-order chi connectivity index (χ1) is 15.7. The summed E-state index contributed by atoms with van der Waals surface area (Å²) >= 11 is 2.86. The molecule has 1 amide bonds. The van der Waals surface area contributed by atoms with Crippen molar-refractivity contribution in [3.63, 3.8) is 0 Å². The normalized spacial score (nSPS) is 17.1. The fraction of sp³-hybridized carbons (Fsp3) is 0.300. The Balaban J connectivity index is 1.47. The molecule has 4 N–H and O–H groups in total. The number of amides is 1. The van der Waals surface area contributed by atoms with Crippen LogP contribution in [0.15, 0.2) is 46.2 Å². The monoisotopic (exact) mass is 487 g/mol. The summed E-state index contributed by atoms with van der Waals surface area (Å²) in [4.78, 5) is 14.5. The molecule has 1 unspecified atom stereocenters. The van der Waals surface area contributed by atoms with Crippen molar-refractivity contribution in [2.75, 3.05) is 17.8 Å². The fourth-order valence-corrected chi connectivity index (χ4v) is 6.65. The van der Waals surface area contributed by atoms with E-state index in [1.165, 1.54) is 0 Å². The zero-order chi connectivity index (χ0) is 22.1. The molecule has 3 aromatic rings. The number of carbonyl (C=O) groups excluding carboxylic acids is 1. The average Bonchev–Trinajstić information content (AvgIpc) is 3.51. The summed E-state index contributed by atoms with van der Waals surface area (Å²) in [6.45, 7) is 1.44. The van der Waals surface area contributed by atoms with Crippen LogP contribution >= 0.6 is 23.7 Å². The summed E-state index contributed by atoms with van der Waals surface area (Å²) < 4.78 is 15.2. The van der Waals surface area contributed by atoms with Gasteiger partial charge in [0, 0.05) is 39.4 Å². The van der Waals surface area contributed by atoms with Crippen LogP contribution in [0.3, 0.4) is 0 Å². The van der Waals surface area contributed by atoms with Crippen LogP contribution in [0.4, 0.5) is 5.69 Å². The topological polar surface area (TPSA) is 130 Å². The Hall–Kier alpha value is -2.41. The van der Waals surface area contributed by atoms with Crippen LogP contribution in [0, 0.1) is 0 Å². The standard InChI is InChI=1S/C20H21N7O2S3/c21-31-19-17(30-14-9-27(10-14)11-28)8-7-16(18(19)20-22-25-26-23-20)12-1-3-13(4-2-12)24-32(29)15-5-6-15/h1-4,7-8,11,14-15,24H,5-6,9-10,21H2,(H,22,23,25,26). The Morgan fingerprint density at radius 1 is 1.19 bits per heavy atom. The molecule has 5 rings (SSSR count). The minimum absolute atomic E-state index is 0.267. The van der Waals surface area contributed by atoms with Gasteiger partial charge in [0.15, 0.2) is 0 Å². The molecule has 12 heteroatoms. The second-order valence-corrected chi connectivity index (χ2v) is 11.1. The average molecular weight is 488 g/mol. The number of rotatable bonds is 9. The van der Waals surface area contributed by atoms with Crippen LogP contribution in [-0.2, 0) is 15.8 Å². The van der Waals surface area contributed by atoms with Crippen LogP contribution in [0.1, 0.15) is 12.8 Å². The first-order valence-electron chi connectivity index (χ1n) is 10.1. The summed E-state index contributed by atoms with van der Waals surface area (Å²) in [5.74, 6) is 0.468. The molecule has 1 atom stereocenters. The van der Waals surface area contributed by atoms with E-state index >= 15 is 0 Å². The van der Waals surface area contributed by atoms with Crippen molar-refractivity contribution in [1.29, 1.82) is 0 Å². The molecule has 9 nitrogen and oxygen atoms in total. The lowest BCUT2D eigenvalue weighted by atomic mass is 9.99. The maximum atomic E-state index is 12.1. The molecule has 0 radical (unpaired) electrons. The number of nitrogens with two attached hydrogens (primary N) is 1. The largest absolute Gasteiger partial charge is 0.343 e. The van der Waals surface area contributed by atoms with E-state index in [0.717, 1.165) is 76.5 Å². The number of nitrogens with one attached hydrogen (secondary N) is 2. The minimum atomic E-state index is -1.03. The third-order valence-electron chi connectivity index (χ3n) is 5.37. The summed E-state index contributed by atoms with van der Waals surface area (Å²) in [5.41, 5.74) is 3.53. The maximum Gasteiger partial charge on any atom is 0.209 e. The number of aromatic nitrogens is 4. The highest BCUT2D eigenvalue weighted by atomic mass is 32.2. The number of hydrogen-bond acceptors (Lipinski definition) is 8. The van der Waals surface area contributed by atoms with Gasteiger partial charge in [0.05, 0.1) is 5.25 Å². The van der Waals surface area contributed by atoms with Gasteiger partial charge in [-0.3, -0.25) is 9.93 Å². The molecule has 2 fully saturated rings. The molecular weight excluding hydrogens is 466 g/mol. The number of H-pyrrole nitrogens is 1. The highest BCUT2D eigenvalue weighted by molar-refractivity contribution is 8.02. The van der Waals surface area contributed by atoms with E-state index in [9.17, 15) is 9.00 Å². The van der Waals surface area contributed by atoms with Crippen molar-refractivity contribution in [2.45, 2.75) is 33.1 Å². The van der Waals surface area contributed by atoms with Crippen LogP contribution in [-0.4, -0.2) is 59.7 Å². The van der Waals surface area contributed by atoms with Crippen LogP contribution in [0.2, 0.25) is 0 Å². The number of thioether (sulfide) groups is 1. The summed E-state index contributed by atoms with van der Waals surface area (Å²) in [6.07, 6.45) is 2.91. The van der Waals surface area contributed by atoms with E-state index in [-0.39, 0.29) is 5.25 Å². The molecular formula is C20H21N7O2S3. The highest BCUT2D eigenvalue weighted by Gasteiger charge is 2.29. The second-order valence-electron chi connectivity index (χ2n) is 7.64. The Morgan fingerprint density at radius 2 is 1.97 bits per heavy atom. The fourth-order valence-electron chi connectivity index (χ4n) is 3.51. The molecule has 0 bridgehead atoms. The van der Waals surface area contributed by atoms with Gasteiger partial charge in [-0.15, -0.1) is 22.0 Å². The molecule has 1 saturated carbocycles. The zero-order valence-corrected chi connectivity index (χ0v) is 19.4. The van der Waals surface area contributed by atoms with Crippen molar-refractivity contribution in [2.24, 2.45) is 5.14 Å². The van der Waals surface area contributed by atoms with E-state index in [1.807, 2.05) is 30.3 Å². The van der Waals surface area contributed by atoms with Gasteiger partial charge in [-0.2, -0.15) is 5.21 Å². The maximum absolute atomic E-state index is 12.1. The molecule has 1 aliphatic carbocycles. The van der Waals surface area contributed by atoms with Gasteiger partial charge < -0.3 is 9.62 Å². The van der Waals surface area contributed by atoms with E-state index in [1.54, 1.807) is 16.7 Å². The lowest BCUT2D eigenvalue weighted by molar-refractivity contribution is -0.120. The number of likely N-dealkylation sites (tertiary alicyclic amines) is 1. The van der Waals surface area contributed by atoms with Gasteiger partial charge in [0.2, 0.25) is 12.2 Å². The van der Waals surface area contributed by atoms with E-state index in [2.05, 4.69) is 31.4 Å². The molecule has 166 valence electrons. The Labute approximate surface area is 196 Å². The molecule has 2 aliphatic rings. The second kappa shape index (κ2) is 9.22. The van der Waals surface area contributed by atoms with Crippen molar-refractivity contribution in [1.82, 2.24) is 25.5 Å². The lowest BCUT2D eigenvalue weighted by Crippen LogP contribution is -2.47. The molecule has 1 aliphatic heterocycles. The van der Waals surface area contributed by atoms with Gasteiger partial charge in [-0.1, -0.05) is 18.2 Å². The predicted octanol–water partition coefficient (Wildman–Crippen LogP) is 2.67. The Morgan fingerprint density at radius 3 is 2.59 bits per heavy atom. The van der Waals surface area contributed by atoms with Crippen molar-refractivity contribution in [3.05, 3.63) is 36.4 Å². The first-order valence-corrected chi connectivity index (χ1v) is 13.0. The summed E-state index contributed by atoms with van der Waals surface area (Å²) in [6, 6.07) is 11.9. The van der Waals surface area contributed by atoms with Crippen molar-refractivity contribution < 1.29 is 9.00 Å². The third-order valence-corrected chi connectivity index (χ3v) is 8.90. The summed E-state index contributed by atoms with van der Waals surface area (Å²) in [7, 11) is -1.03. The predicted molar refractivity (Wildman–Crippen MR) is 127 cm³/mol. The van der Waals surface area contributed by atoms with Crippen molar-refractivity contribution >= 4 is 46.8 Å². The van der Waals surface area contributed by atoms with E-state index in [0.29, 0.717) is 11.1 Å². The van der Waals surface area contributed by atoms with Gasteiger partial charge in [0.25, 0.3) is 0 Å². The molecule has 0 spiro atoms. The van der Waals surface area contributed by atoms with Crippen LogP contribution < -0.4 is 9.86 Å². The summed E-state index contributed by atoms with van der Waals surface area (Å²) in [5, 5.41) is 21.4. The quantitative estimate of drug-likeness (QED) is 0.310. The third kappa shape index (κ3) is 4.40. The number of carbonyl (C=O) groups is 1. The smallest absolute Gasteiger partial charge is 0.209 e. The molecule has 1 aromatic heterocycles. The molecule has 32 heavy (non-hydrogen) atoms. The van der Waals surface area contributed by atoms with Crippen LogP contribution in [0.5, 0.6) is 0 Å².